The number of amides is 2. The maximum absolute atomic E-state index is 12.9. The Kier molecular flexibility index (Phi) is 7.65. The third-order valence-electron chi connectivity index (χ3n) is 5.93. The highest BCUT2D eigenvalue weighted by atomic mass is 19.4. The van der Waals surface area contributed by atoms with Crippen molar-refractivity contribution in [3.63, 3.8) is 0 Å². The van der Waals surface area contributed by atoms with E-state index in [1.807, 2.05) is 25.8 Å². The molecule has 10 heteroatoms. The zero-order chi connectivity index (χ0) is 23.3. The highest BCUT2D eigenvalue weighted by Gasteiger charge is 2.31. The molecule has 0 saturated carbocycles. The Morgan fingerprint density at radius 2 is 1.94 bits per heavy atom. The summed E-state index contributed by atoms with van der Waals surface area (Å²) in [5.41, 5.74) is 1.99. The Morgan fingerprint density at radius 3 is 2.56 bits per heavy atom. The second-order valence-electron chi connectivity index (χ2n) is 8.16. The van der Waals surface area contributed by atoms with Crippen LogP contribution in [0.5, 0.6) is 0 Å². The zero-order valence-corrected chi connectivity index (χ0v) is 18.7. The van der Waals surface area contributed by atoms with Crippen LogP contribution in [0.25, 0.3) is 0 Å². The summed E-state index contributed by atoms with van der Waals surface area (Å²) in [5, 5.41) is 10.0. The van der Waals surface area contributed by atoms with Crippen molar-refractivity contribution in [2.75, 3.05) is 44.2 Å². The second kappa shape index (κ2) is 10.2. The minimum Gasteiger partial charge on any atom is -0.369 e. The number of hydrogen-bond donors (Lipinski definition) is 2. The molecular weight excluding hydrogens is 421 g/mol. The molecule has 1 aromatic carbocycles. The van der Waals surface area contributed by atoms with Crippen LogP contribution >= 0.6 is 0 Å². The van der Waals surface area contributed by atoms with Crippen LogP contribution in [-0.2, 0) is 13.2 Å². The van der Waals surface area contributed by atoms with Crippen molar-refractivity contribution in [1.82, 2.24) is 25.3 Å². The number of carbonyl (C=O) groups is 1. The van der Waals surface area contributed by atoms with Gasteiger partial charge < -0.3 is 15.5 Å². The van der Waals surface area contributed by atoms with E-state index in [-0.39, 0.29) is 12.1 Å². The Labute approximate surface area is 186 Å². The monoisotopic (exact) mass is 452 g/mol. The minimum atomic E-state index is -4.33. The fourth-order valence-electron chi connectivity index (χ4n) is 3.88. The molecule has 0 radical (unpaired) electrons. The third-order valence-corrected chi connectivity index (χ3v) is 5.93. The number of hydrogen-bond acceptors (Lipinski definition) is 4. The lowest BCUT2D eigenvalue weighted by Crippen LogP contribution is -2.47. The first kappa shape index (κ1) is 23.9. The normalized spacial score (nSPS) is 16.1. The quantitative estimate of drug-likeness (QED) is 0.633. The second-order valence-corrected chi connectivity index (χ2v) is 8.16. The van der Waals surface area contributed by atoms with Crippen LogP contribution in [0.1, 0.15) is 36.2 Å². The van der Waals surface area contributed by atoms with Crippen molar-refractivity contribution in [2.24, 2.45) is 7.05 Å². The number of aryl methyl sites for hydroxylation is 1. The lowest BCUT2D eigenvalue weighted by molar-refractivity contribution is -0.137. The van der Waals surface area contributed by atoms with Gasteiger partial charge in [-0.05, 0) is 45.0 Å². The van der Waals surface area contributed by atoms with Crippen molar-refractivity contribution in [3.05, 3.63) is 47.3 Å². The molecule has 0 spiro atoms. The molecule has 1 unspecified atom stereocenters. The van der Waals surface area contributed by atoms with Crippen molar-refractivity contribution >= 4 is 11.7 Å². The summed E-state index contributed by atoms with van der Waals surface area (Å²) < 4.78 is 40.6. The molecule has 32 heavy (non-hydrogen) atoms. The minimum absolute atomic E-state index is 0.132. The van der Waals surface area contributed by atoms with E-state index in [2.05, 4.69) is 20.6 Å². The van der Waals surface area contributed by atoms with Crippen LogP contribution in [0.3, 0.4) is 0 Å². The van der Waals surface area contributed by atoms with E-state index in [4.69, 9.17) is 0 Å². The fraction of sp³-hybridized carbons (Fsp3) is 0.545. The Hall–Kier alpha value is -2.75. The molecule has 2 heterocycles. The predicted octanol–water partition coefficient (Wildman–Crippen LogP) is 3.32. The number of urea groups is 1. The van der Waals surface area contributed by atoms with Crippen molar-refractivity contribution in [3.8, 4) is 0 Å². The molecule has 0 bridgehead atoms. The molecule has 176 valence electrons. The summed E-state index contributed by atoms with van der Waals surface area (Å²) >= 11 is 0. The van der Waals surface area contributed by atoms with E-state index in [0.717, 1.165) is 43.4 Å². The van der Waals surface area contributed by atoms with E-state index < -0.39 is 11.7 Å². The Bertz CT molecular complexity index is 905. The van der Waals surface area contributed by atoms with E-state index in [0.29, 0.717) is 25.3 Å². The van der Waals surface area contributed by atoms with Crippen molar-refractivity contribution < 1.29 is 18.0 Å². The molecule has 2 amide bonds. The summed E-state index contributed by atoms with van der Waals surface area (Å²) in [6, 6.07) is 5.15. The van der Waals surface area contributed by atoms with Gasteiger partial charge in [-0.25, -0.2) is 4.79 Å². The van der Waals surface area contributed by atoms with Gasteiger partial charge in [0.2, 0.25) is 0 Å². The lowest BCUT2D eigenvalue weighted by atomic mass is 10.1. The number of piperazine rings is 1. The number of carbonyl (C=O) groups excluding carboxylic acids is 1. The summed E-state index contributed by atoms with van der Waals surface area (Å²) in [6.45, 7) is 8.18. The van der Waals surface area contributed by atoms with Crippen molar-refractivity contribution in [1.29, 1.82) is 0 Å². The van der Waals surface area contributed by atoms with E-state index in [1.165, 1.54) is 12.1 Å². The molecule has 0 aliphatic carbocycles. The van der Waals surface area contributed by atoms with Gasteiger partial charge in [-0.2, -0.15) is 18.3 Å². The maximum Gasteiger partial charge on any atom is 0.416 e. The summed E-state index contributed by atoms with van der Waals surface area (Å²) in [7, 11) is 1.87. The van der Waals surface area contributed by atoms with Crippen LogP contribution in [0.4, 0.5) is 23.7 Å². The summed E-state index contributed by atoms with van der Waals surface area (Å²) in [6.07, 6.45) is -1.76. The van der Waals surface area contributed by atoms with Crippen LogP contribution in [0.2, 0.25) is 0 Å². The molecule has 7 nitrogen and oxygen atoms in total. The molecule has 2 aromatic rings. The average Bonchev–Trinajstić information content (AvgIpc) is 3.09. The molecule has 1 aromatic heterocycles. The molecular formula is C22H31F3N6O. The fourth-order valence-corrected chi connectivity index (χ4v) is 3.88. The molecule has 1 saturated heterocycles. The highest BCUT2D eigenvalue weighted by Crippen LogP contribution is 2.31. The molecule has 2 N–H and O–H groups in total. The average molecular weight is 453 g/mol. The largest absolute Gasteiger partial charge is 0.416 e. The number of alkyl halides is 3. The summed E-state index contributed by atoms with van der Waals surface area (Å²) in [4.78, 5) is 16.4. The van der Waals surface area contributed by atoms with Gasteiger partial charge in [-0.1, -0.05) is 6.07 Å². The number of aromatic nitrogens is 2. The maximum atomic E-state index is 12.9. The van der Waals surface area contributed by atoms with E-state index in [9.17, 15) is 18.0 Å². The van der Waals surface area contributed by atoms with Gasteiger partial charge in [0.15, 0.2) is 0 Å². The van der Waals surface area contributed by atoms with Gasteiger partial charge in [-0.15, -0.1) is 0 Å². The molecule has 1 atom stereocenters. The summed E-state index contributed by atoms with van der Waals surface area (Å²) in [5.74, 6) is 0. The first-order valence-electron chi connectivity index (χ1n) is 10.8. The Morgan fingerprint density at radius 1 is 1.22 bits per heavy atom. The van der Waals surface area contributed by atoms with E-state index >= 15 is 0 Å². The number of rotatable bonds is 7. The van der Waals surface area contributed by atoms with Gasteiger partial charge in [0, 0.05) is 56.7 Å². The van der Waals surface area contributed by atoms with Crippen LogP contribution < -0.4 is 15.5 Å². The van der Waals surface area contributed by atoms with Crippen LogP contribution in [0, 0.1) is 6.92 Å². The van der Waals surface area contributed by atoms with Crippen LogP contribution in [-0.4, -0.2) is 60.0 Å². The SMILES string of the molecule is Cc1c(C(C)NC(=O)NCCCN2CCN(c3cccc(C(F)(F)F)c3)CC2)cnn1C. The number of anilines is 1. The first-order chi connectivity index (χ1) is 15.1. The molecule has 1 aliphatic heterocycles. The molecule has 1 fully saturated rings. The predicted molar refractivity (Wildman–Crippen MR) is 118 cm³/mol. The number of nitrogens with zero attached hydrogens (tertiary/aromatic N) is 4. The smallest absolute Gasteiger partial charge is 0.369 e. The van der Waals surface area contributed by atoms with Gasteiger partial charge >= 0.3 is 12.2 Å². The third kappa shape index (κ3) is 6.15. The van der Waals surface area contributed by atoms with E-state index in [1.54, 1.807) is 16.9 Å². The first-order valence-corrected chi connectivity index (χ1v) is 10.8. The van der Waals surface area contributed by atoms with Crippen LogP contribution in [0.15, 0.2) is 30.5 Å². The van der Waals surface area contributed by atoms with Gasteiger partial charge in [-0.3, -0.25) is 9.58 Å². The molecule has 3 rings (SSSR count). The number of nitrogens with one attached hydrogen (secondary N) is 2. The van der Waals surface area contributed by atoms with Gasteiger partial charge in [0.05, 0.1) is 17.8 Å². The molecule has 1 aliphatic rings. The lowest BCUT2D eigenvalue weighted by Gasteiger charge is -2.36. The highest BCUT2D eigenvalue weighted by molar-refractivity contribution is 5.74. The topological polar surface area (TPSA) is 65.4 Å². The zero-order valence-electron chi connectivity index (χ0n) is 18.7. The van der Waals surface area contributed by atoms with Crippen molar-refractivity contribution in [2.45, 2.75) is 32.5 Å². The number of halogens is 3. The number of benzene rings is 1. The van der Waals surface area contributed by atoms with Gasteiger partial charge in [0.1, 0.15) is 0 Å². The standard InChI is InChI=1S/C22H31F3N6O/c1-16(20-15-27-29(3)17(20)2)28-21(32)26-8-5-9-30-10-12-31(13-11-30)19-7-4-6-18(14-19)22(23,24)25/h4,6-7,14-16H,5,8-13H2,1-3H3,(H2,26,28,32). The Balaban J connectivity index is 1.35. The van der Waals surface area contributed by atoms with Gasteiger partial charge in [0.25, 0.3) is 0 Å².